The van der Waals surface area contributed by atoms with E-state index in [0.717, 1.165) is 27.0 Å². The summed E-state index contributed by atoms with van der Waals surface area (Å²) in [7, 11) is 0. The zero-order chi connectivity index (χ0) is 21.6. The number of benzene rings is 1. The van der Waals surface area contributed by atoms with Crippen LogP contribution < -0.4 is 10.6 Å². The number of hydrogen-bond acceptors (Lipinski definition) is 3. The summed E-state index contributed by atoms with van der Waals surface area (Å²) in [5, 5.41) is 10.5. The Hall–Kier alpha value is -2.12. The third-order valence-corrected chi connectivity index (χ3v) is 5.07. The van der Waals surface area contributed by atoms with Crippen molar-refractivity contribution in [2.45, 2.75) is 40.7 Å². The summed E-state index contributed by atoms with van der Waals surface area (Å²) in [5.74, 6) is -0.0355. The number of carbonyl (C=O) groups excluding carboxylic acids is 2. The molecule has 156 valence electrons. The summed E-state index contributed by atoms with van der Waals surface area (Å²) >= 11 is 9.75. The lowest BCUT2D eigenvalue weighted by Crippen LogP contribution is -2.26. The molecule has 0 aliphatic carbocycles. The molecule has 1 aromatic carbocycles. The van der Waals surface area contributed by atoms with E-state index in [1.54, 1.807) is 10.8 Å². The molecule has 0 radical (unpaired) electrons. The summed E-state index contributed by atoms with van der Waals surface area (Å²) in [6.07, 6.45) is 3.24. The number of nitrogens with one attached hydrogen (secondary N) is 2. The summed E-state index contributed by atoms with van der Waals surface area (Å²) in [5.41, 5.74) is 3.21. The Morgan fingerprint density at radius 2 is 2.03 bits per heavy atom. The van der Waals surface area contributed by atoms with Crippen LogP contribution >= 0.6 is 27.5 Å². The highest BCUT2D eigenvalue weighted by molar-refractivity contribution is 9.10. The molecular formula is C21H26BrClN4O2. The fraction of sp³-hybridized carbons (Fsp3) is 0.381. The average Bonchev–Trinajstić information content (AvgIpc) is 2.89. The van der Waals surface area contributed by atoms with Gasteiger partial charge in [0.2, 0.25) is 11.8 Å². The molecule has 1 aromatic heterocycles. The first-order valence-corrected chi connectivity index (χ1v) is 10.6. The summed E-state index contributed by atoms with van der Waals surface area (Å²) < 4.78 is 2.63. The first-order valence-electron chi connectivity index (χ1n) is 9.42. The van der Waals surface area contributed by atoms with E-state index >= 15 is 0 Å². The van der Waals surface area contributed by atoms with Gasteiger partial charge in [-0.3, -0.25) is 14.3 Å². The van der Waals surface area contributed by atoms with Gasteiger partial charge in [0, 0.05) is 41.3 Å². The second kappa shape index (κ2) is 10.6. The lowest BCUT2D eigenvalue weighted by molar-refractivity contribution is -0.117. The van der Waals surface area contributed by atoms with Crippen LogP contribution in [0.4, 0.5) is 5.69 Å². The molecule has 8 heteroatoms. The number of halogens is 2. The Labute approximate surface area is 184 Å². The number of amides is 2. The van der Waals surface area contributed by atoms with E-state index in [9.17, 15) is 9.59 Å². The van der Waals surface area contributed by atoms with E-state index in [4.69, 9.17) is 11.6 Å². The third-order valence-electron chi connectivity index (χ3n) is 4.17. The van der Waals surface area contributed by atoms with Gasteiger partial charge in [0.15, 0.2) is 0 Å². The number of aromatic nitrogens is 2. The maximum Gasteiger partial charge on any atom is 0.244 e. The third kappa shape index (κ3) is 7.01. The van der Waals surface area contributed by atoms with Crippen molar-refractivity contribution >= 4 is 51.1 Å². The van der Waals surface area contributed by atoms with Crippen molar-refractivity contribution in [1.29, 1.82) is 0 Å². The van der Waals surface area contributed by atoms with Crippen molar-refractivity contribution in [2.24, 2.45) is 5.92 Å². The maximum absolute atomic E-state index is 12.1. The molecular weight excluding hydrogens is 456 g/mol. The first-order chi connectivity index (χ1) is 13.7. The number of nitrogens with zero attached hydrogens (tertiary/aromatic N) is 2. The Morgan fingerprint density at radius 3 is 2.72 bits per heavy atom. The van der Waals surface area contributed by atoms with Gasteiger partial charge in [-0.1, -0.05) is 47.4 Å². The van der Waals surface area contributed by atoms with E-state index in [2.05, 4.69) is 45.5 Å². The van der Waals surface area contributed by atoms with Crippen molar-refractivity contribution < 1.29 is 9.59 Å². The van der Waals surface area contributed by atoms with Crippen molar-refractivity contribution in [3.05, 3.63) is 50.7 Å². The standard InChI is InChI=1S/C21H26BrClN4O2/c1-13(2)12-27-21(23)17(15(4)26-27)7-8-19(28)24-10-9-20(29)25-18-11-16(22)6-5-14(18)3/h5-8,11,13H,9-10,12H2,1-4H3,(H,24,28)(H,25,29)/b8-7+. The highest BCUT2D eigenvalue weighted by Crippen LogP contribution is 2.22. The van der Waals surface area contributed by atoms with Gasteiger partial charge in [-0.2, -0.15) is 5.10 Å². The van der Waals surface area contributed by atoms with E-state index in [0.29, 0.717) is 17.6 Å². The largest absolute Gasteiger partial charge is 0.352 e. The minimum atomic E-state index is -0.288. The molecule has 0 spiro atoms. The van der Waals surface area contributed by atoms with Crippen LogP contribution in [0.25, 0.3) is 6.08 Å². The van der Waals surface area contributed by atoms with Gasteiger partial charge in [0.1, 0.15) is 5.15 Å². The Balaban J connectivity index is 1.85. The van der Waals surface area contributed by atoms with Gasteiger partial charge in [-0.25, -0.2) is 0 Å². The van der Waals surface area contributed by atoms with Crippen LogP contribution in [0.15, 0.2) is 28.7 Å². The molecule has 0 saturated heterocycles. The minimum absolute atomic E-state index is 0.163. The van der Waals surface area contributed by atoms with E-state index in [1.807, 2.05) is 32.0 Å². The fourth-order valence-electron chi connectivity index (χ4n) is 2.68. The van der Waals surface area contributed by atoms with Gasteiger partial charge >= 0.3 is 0 Å². The molecule has 0 fully saturated rings. The summed E-state index contributed by atoms with van der Waals surface area (Å²) in [4.78, 5) is 24.1. The van der Waals surface area contributed by atoms with Crippen LogP contribution in [0, 0.1) is 19.8 Å². The molecule has 0 unspecified atom stereocenters. The number of hydrogen-bond donors (Lipinski definition) is 2. The van der Waals surface area contributed by atoms with Gasteiger partial charge in [-0.05, 0) is 43.5 Å². The summed E-state index contributed by atoms with van der Waals surface area (Å²) in [6.45, 7) is 8.90. The molecule has 6 nitrogen and oxygen atoms in total. The zero-order valence-corrected chi connectivity index (χ0v) is 19.4. The molecule has 2 rings (SSSR count). The molecule has 2 aromatic rings. The van der Waals surface area contributed by atoms with E-state index in [-0.39, 0.29) is 24.8 Å². The molecule has 29 heavy (non-hydrogen) atoms. The van der Waals surface area contributed by atoms with Crippen molar-refractivity contribution in [2.75, 3.05) is 11.9 Å². The summed E-state index contributed by atoms with van der Waals surface area (Å²) in [6, 6.07) is 5.68. The van der Waals surface area contributed by atoms with Gasteiger partial charge < -0.3 is 10.6 Å². The van der Waals surface area contributed by atoms with E-state index in [1.165, 1.54) is 6.08 Å². The Kier molecular flexibility index (Phi) is 8.46. The second-order valence-corrected chi connectivity index (χ2v) is 8.52. The lowest BCUT2D eigenvalue weighted by atomic mass is 10.2. The SMILES string of the molecule is Cc1ccc(Br)cc1NC(=O)CCNC(=O)/C=C/c1c(C)nn(CC(C)C)c1Cl. The normalized spacial score (nSPS) is 11.3. The van der Waals surface area contributed by atoms with Crippen LogP contribution in [0.1, 0.15) is 37.1 Å². The quantitative estimate of drug-likeness (QED) is 0.535. The minimum Gasteiger partial charge on any atom is -0.352 e. The van der Waals surface area contributed by atoms with Gasteiger partial charge in [0.25, 0.3) is 0 Å². The van der Waals surface area contributed by atoms with Crippen molar-refractivity contribution in [1.82, 2.24) is 15.1 Å². The van der Waals surface area contributed by atoms with Crippen LogP contribution in [0.2, 0.25) is 5.15 Å². The number of anilines is 1. The average molecular weight is 482 g/mol. The molecule has 0 aliphatic rings. The van der Waals surface area contributed by atoms with Gasteiger partial charge in [-0.15, -0.1) is 0 Å². The topological polar surface area (TPSA) is 76.0 Å². The van der Waals surface area contributed by atoms with Crippen LogP contribution in [-0.4, -0.2) is 28.1 Å². The molecule has 2 N–H and O–H groups in total. The maximum atomic E-state index is 12.1. The molecule has 1 heterocycles. The first kappa shape index (κ1) is 23.2. The predicted octanol–water partition coefficient (Wildman–Crippen LogP) is 4.73. The molecule has 0 saturated carbocycles. The second-order valence-electron chi connectivity index (χ2n) is 7.25. The van der Waals surface area contributed by atoms with Crippen molar-refractivity contribution in [3.63, 3.8) is 0 Å². The predicted molar refractivity (Wildman–Crippen MR) is 121 cm³/mol. The lowest BCUT2D eigenvalue weighted by Gasteiger charge is -2.09. The number of rotatable bonds is 8. The van der Waals surface area contributed by atoms with Crippen LogP contribution in [0.5, 0.6) is 0 Å². The Morgan fingerprint density at radius 1 is 1.31 bits per heavy atom. The highest BCUT2D eigenvalue weighted by atomic mass is 79.9. The number of carbonyl (C=O) groups is 2. The molecule has 0 aliphatic heterocycles. The van der Waals surface area contributed by atoms with Crippen molar-refractivity contribution in [3.8, 4) is 0 Å². The smallest absolute Gasteiger partial charge is 0.244 e. The monoisotopic (exact) mass is 480 g/mol. The van der Waals surface area contributed by atoms with Gasteiger partial charge in [0.05, 0.1) is 5.69 Å². The highest BCUT2D eigenvalue weighted by Gasteiger charge is 2.12. The van der Waals surface area contributed by atoms with Crippen LogP contribution in [-0.2, 0) is 16.1 Å². The number of aryl methyl sites for hydroxylation is 2. The van der Waals surface area contributed by atoms with Crippen LogP contribution in [0.3, 0.4) is 0 Å². The molecule has 0 atom stereocenters. The zero-order valence-electron chi connectivity index (χ0n) is 17.1. The fourth-order valence-corrected chi connectivity index (χ4v) is 3.35. The molecule has 0 bridgehead atoms. The Bertz CT molecular complexity index is 922. The molecule has 2 amide bonds. The van der Waals surface area contributed by atoms with E-state index < -0.39 is 0 Å².